The molecule has 0 bridgehead atoms. The average molecular weight is 564 g/mol. The first-order valence-electron chi connectivity index (χ1n) is 13.5. The second-order valence-corrected chi connectivity index (χ2v) is 10.3. The molecular formula is C31H30FN9O. The lowest BCUT2D eigenvalue weighted by Gasteiger charge is -2.24. The van der Waals surface area contributed by atoms with Gasteiger partial charge in [-0.1, -0.05) is 67.2 Å². The predicted octanol–water partition coefficient (Wildman–Crippen LogP) is 3.99. The van der Waals surface area contributed by atoms with E-state index in [9.17, 15) is 9.18 Å². The summed E-state index contributed by atoms with van der Waals surface area (Å²) in [6.07, 6.45) is 1.51. The van der Waals surface area contributed by atoms with Crippen molar-refractivity contribution in [3.63, 3.8) is 0 Å². The Kier molecular flexibility index (Phi) is 7.01. The van der Waals surface area contributed by atoms with Gasteiger partial charge in [0.15, 0.2) is 5.82 Å². The van der Waals surface area contributed by atoms with Gasteiger partial charge in [-0.15, -0.1) is 10.6 Å². The molecule has 0 spiro atoms. The summed E-state index contributed by atoms with van der Waals surface area (Å²) in [6.45, 7) is 6.35. The van der Waals surface area contributed by atoms with E-state index in [1.54, 1.807) is 18.2 Å². The summed E-state index contributed by atoms with van der Waals surface area (Å²) in [5, 5.41) is 10.3. The van der Waals surface area contributed by atoms with Crippen molar-refractivity contribution in [2.75, 3.05) is 16.4 Å². The number of hydrazine groups is 2. The molecule has 42 heavy (non-hydrogen) atoms. The Labute approximate surface area is 242 Å². The van der Waals surface area contributed by atoms with Gasteiger partial charge in [0.2, 0.25) is 5.91 Å². The largest absolute Gasteiger partial charge is 0.383 e. The normalized spacial score (nSPS) is 17.1. The Morgan fingerprint density at radius 2 is 1.79 bits per heavy atom. The minimum atomic E-state index is -1.07. The standard InChI is InChI=1S/C31H30FN9O/c1-18(22-8-4-6-10-24(22)34-17-20-7-3-5-9-23(20)32)28-35-27(33)26-29(36-28)37-30(42)31(26,2)21-14-11-19(12-15-21)13-16-25-38-40-41-39-25/h3-12,14-15,34,40-41H,1,13,16-17H2,2H3,(H,38,39)(H3,33,35,36,37,42)/t31-/m0/s1. The summed E-state index contributed by atoms with van der Waals surface area (Å²) < 4.78 is 14.2. The van der Waals surface area contributed by atoms with Crippen LogP contribution in [-0.4, -0.2) is 21.7 Å². The minimum absolute atomic E-state index is 0.197. The molecule has 0 fully saturated rings. The van der Waals surface area contributed by atoms with Gasteiger partial charge in [0.1, 0.15) is 28.7 Å². The highest BCUT2D eigenvalue weighted by atomic mass is 19.1. The Morgan fingerprint density at radius 3 is 2.55 bits per heavy atom. The van der Waals surface area contributed by atoms with Crippen molar-refractivity contribution in [3.8, 4) is 0 Å². The summed E-state index contributed by atoms with van der Waals surface area (Å²) in [5.74, 6) is 1.15. The van der Waals surface area contributed by atoms with Gasteiger partial charge in [0, 0.05) is 35.4 Å². The smallest absolute Gasteiger partial charge is 0.240 e. The van der Waals surface area contributed by atoms with Crippen molar-refractivity contribution < 1.29 is 9.18 Å². The molecule has 4 aromatic rings. The van der Waals surface area contributed by atoms with Gasteiger partial charge in [-0.05, 0) is 36.6 Å². The molecule has 6 rings (SSSR count). The first-order chi connectivity index (χ1) is 20.3. The number of nitrogen functional groups attached to an aromatic ring is 1. The fraction of sp³-hybridized carbons (Fsp3) is 0.161. The Morgan fingerprint density at radius 1 is 1.02 bits per heavy atom. The molecule has 0 aliphatic carbocycles. The molecule has 11 heteroatoms. The van der Waals surface area contributed by atoms with Crippen LogP contribution in [0.3, 0.4) is 0 Å². The zero-order valence-corrected chi connectivity index (χ0v) is 23.0. The minimum Gasteiger partial charge on any atom is -0.383 e. The molecule has 0 radical (unpaired) electrons. The zero-order valence-electron chi connectivity index (χ0n) is 23.0. The van der Waals surface area contributed by atoms with Crippen LogP contribution >= 0.6 is 0 Å². The molecule has 0 saturated heterocycles. The Balaban J connectivity index is 1.25. The van der Waals surface area contributed by atoms with Gasteiger partial charge in [-0.3, -0.25) is 10.2 Å². The van der Waals surface area contributed by atoms with E-state index in [0.29, 0.717) is 28.3 Å². The van der Waals surface area contributed by atoms with Crippen LogP contribution in [0.5, 0.6) is 0 Å². The molecule has 7 N–H and O–H groups in total. The fourth-order valence-corrected chi connectivity index (χ4v) is 5.28. The molecule has 212 valence electrons. The van der Waals surface area contributed by atoms with Crippen LogP contribution in [0, 0.1) is 5.82 Å². The van der Waals surface area contributed by atoms with E-state index in [-0.39, 0.29) is 24.1 Å². The quantitative estimate of drug-likeness (QED) is 0.180. The van der Waals surface area contributed by atoms with Crippen molar-refractivity contribution >= 4 is 34.6 Å². The number of carbonyl (C=O) groups excluding carboxylic acids is 1. The van der Waals surface area contributed by atoms with E-state index in [0.717, 1.165) is 41.1 Å². The maximum Gasteiger partial charge on any atom is 0.240 e. The number of benzene rings is 3. The Bertz CT molecular complexity index is 1720. The lowest BCUT2D eigenvalue weighted by Crippen LogP contribution is -2.35. The van der Waals surface area contributed by atoms with Crippen LogP contribution in [0.2, 0.25) is 0 Å². The first-order valence-corrected chi connectivity index (χ1v) is 13.5. The number of anilines is 3. The van der Waals surface area contributed by atoms with Gasteiger partial charge in [0.05, 0.1) is 5.56 Å². The van der Waals surface area contributed by atoms with Crippen molar-refractivity contribution in [2.45, 2.75) is 31.7 Å². The van der Waals surface area contributed by atoms with Gasteiger partial charge in [0.25, 0.3) is 0 Å². The lowest BCUT2D eigenvalue weighted by molar-refractivity contribution is -0.119. The highest BCUT2D eigenvalue weighted by Gasteiger charge is 2.47. The van der Waals surface area contributed by atoms with Crippen LogP contribution in [-0.2, 0) is 23.2 Å². The topological polar surface area (TPSA) is 141 Å². The number of nitrogens with zero attached hydrogens (tertiary/aromatic N) is 3. The number of amides is 1. The maximum absolute atomic E-state index is 14.2. The monoisotopic (exact) mass is 563 g/mol. The first kappa shape index (κ1) is 26.9. The van der Waals surface area contributed by atoms with E-state index in [1.807, 2.05) is 55.5 Å². The van der Waals surface area contributed by atoms with E-state index < -0.39 is 5.41 Å². The van der Waals surface area contributed by atoms with Crippen molar-refractivity contribution in [1.29, 1.82) is 0 Å². The number of nitrogens with one attached hydrogen (secondary N) is 5. The van der Waals surface area contributed by atoms with E-state index in [1.165, 1.54) is 6.07 Å². The number of amidine groups is 1. The summed E-state index contributed by atoms with van der Waals surface area (Å²) in [7, 11) is 0. The van der Waals surface area contributed by atoms with Gasteiger partial charge in [-0.2, -0.15) is 0 Å². The molecule has 1 aromatic heterocycles. The van der Waals surface area contributed by atoms with Crippen molar-refractivity contribution in [2.24, 2.45) is 5.10 Å². The number of para-hydroxylation sites is 1. The van der Waals surface area contributed by atoms with Crippen LogP contribution in [0.4, 0.5) is 21.7 Å². The zero-order chi connectivity index (χ0) is 29.3. The summed E-state index contributed by atoms with van der Waals surface area (Å²) in [5.41, 5.74) is 18.7. The molecule has 0 saturated carbocycles. The maximum atomic E-state index is 14.2. The molecular weight excluding hydrogens is 533 g/mol. The number of hydrogen-bond acceptors (Lipinski definition) is 9. The van der Waals surface area contributed by atoms with Crippen LogP contribution in [0.1, 0.15) is 47.0 Å². The summed E-state index contributed by atoms with van der Waals surface area (Å²) in [4.78, 5) is 22.7. The van der Waals surface area contributed by atoms with Crippen LogP contribution in [0.15, 0.2) is 84.5 Å². The summed E-state index contributed by atoms with van der Waals surface area (Å²) >= 11 is 0. The number of aryl methyl sites for hydroxylation is 1. The molecule has 10 nitrogen and oxygen atoms in total. The summed E-state index contributed by atoms with van der Waals surface area (Å²) in [6, 6.07) is 22.0. The van der Waals surface area contributed by atoms with Crippen molar-refractivity contribution in [3.05, 3.63) is 119 Å². The number of halogens is 1. The molecule has 0 unspecified atom stereocenters. The number of hydrogen-bond donors (Lipinski definition) is 6. The van der Waals surface area contributed by atoms with E-state index >= 15 is 0 Å². The number of aromatic nitrogens is 2. The number of carbonyl (C=O) groups is 1. The van der Waals surface area contributed by atoms with Crippen LogP contribution in [0.25, 0.3) is 5.57 Å². The molecule has 2 aliphatic rings. The third kappa shape index (κ3) is 4.90. The van der Waals surface area contributed by atoms with E-state index in [4.69, 9.17) is 5.73 Å². The second-order valence-electron chi connectivity index (χ2n) is 10.3. The molecule has 2 aliphatic heterocycles. The number of nitrogens with two attached hydrogens (primary N) is 1. The Hall–Kier alpha value is -5.29. The molecule has 3 aromatic carbocycles. The third-order valence-corrected chi connectivity index (χ3v) is 7.71. The predicted molar refractivity (Wildman–Crippen MR) is 161 cm³/mol. The van der Waals surface area contributed by atoms with Crippen LogP contribution < -0.4 is 32.9 Å². The van der Waals surface area contributed by atoms with E-state index in [2.05, 4.69) is 48.8 Å². The number of rotatable bonds is 9. The third-order valence-electron chi connectivity index (χ3n) is 7.71. The average Bonchev–Trinajstić information content (AvgIpc) is 3.62. The number of fused-ring (bicyclic) bond motifs is 1. The second kappa shape index (κ2) is 10.9. The highest BCUT2D eigenvalue weighted by molar-refractivity contribution is 6.09. The van der Waals surface area contributed by atoms with Gasteiger partial charge >= 0.3 is 0 Å². The molecule has 3 heterocycles. The number of hydrazone groups is 1. The SMILES string of the molecule is C=C(c1nc(N)c2c(n1)NC(=O)[C@@]2(C)c1ccc(CCC2=NNNN2)cc1)c1ccccc1NCc1ccccc1F. The van der Waals surface area contributed by atoms with Crippen molar-refractivity contribution in [1.82, 2.24) is 26.5 Å². The molecule has 1 atom stereocenters. The highest BCUT2D eigenvalue weighted by Crippen LogP contribution is 2.45. The van der Waals surface area contributed by atoms with Gasteiger partial charge in [-0.25, -0.2) is 19.9 Å². The fourth-order valence-electron chi connectivity index (χ4n) is 5.28. The lowest BCUT2D eigenvalue weighted by atomic mass is 9.77. The van der Waals surface area contributed by atoms with Gasteiger partial charge < -0.3 is 16.4 Å². The molecule has 1 amide bonds.